The van der Waals surface area contributed by atoms with Gasteiger partial charge in [0.15, 0.2) is 0 Å². The van der Waals surface area contributed by atoms with E-state index in [1.807, 2.05) is 0 Å². The predicted octanol–water partition coefficient (Wildman–Crippen LogP) is 1.97. The number of hydrogen-bond acceptors (Lipinski definition) is 4. The zero-order valence-electron chi connectivity index (χ0n) is 14.0. The van der Waals surface area contributed by atoms with Crippen LogP contribution >= 0.6 is 28.1 Å². The number of thiocarbonyl (C=S) groups is 1. The number of carbonyl (C=O) groups excluding carboxylic acids is 3. The predicted molar refractivity (Wildman–Crippen MR) is 108 cm³/mol. The van der Waals surface area contributed by atoms with Crippen molar-refractivity contribution in [2.24, 2.45) is 5.73 Å². The summed E-state index contributed by atoms with van der Waals surface area (Å²) < 4.78 is 0.827. The molecule has 0 spiro atoms. The number of hydrogen-bond donors (Lipinski definition) is 2. The van der Waals surface area contributed by atoms with Crippen molar-refractivity contribution in [1.29, 1.82) is 0 Å². The Morgan fingerprint density at radius 1 is 1.11 bits per heavy atom. The van der Waals surface area contributed by atoms with Gasteiger partial charge in [-0.3, -0.25) is 24.7 Å². The quantitative estimate of drug-likeness (QED) is 0.684. The lowest BCUT2D eigenvalue weighted by Crippen LogP contribution is -2.49. The van der Waals surface area contributed by atoms with E-state index in [9.17, 15) is 14.4 Å². The molecule has 7 nitrogen and oxygen atoms in total. The molecule has 0 saturated carbocycles. The molecule has 1 aliphatic rings. The number of nitrogens with two attached hydrogens (primary N) is 1. The van der Waals surface area contributed by atoms with Gasteiger partial charge >= 0.3 is 0 Å². The molecule has 27 heavy (non-hydrogen) atoms. The number of nitrogens with zero attached hydrogens (tertiary/aromatic N) is 2. The number of anilines is 1. The number of nitrogens with one attached hydrogen (secondary N) is 1. The van der Waals surface area contributed by atoms with E-state index in [-0.39, 0.29) is 11.5 Å². The number of para-hydroxylation sites is 1. The summed E-state index contributed by atoms with van der Waals surface area (Å²) in [6.45, 7) is 0. The van der Waals surface area contributed by atoms with Gasteiger partial charge in [-0.2, -0.15) is 0 Å². The highest BCUT2D eigenvalue weighted by atomic mass is 79.9. The van der Waals surface area contributed by atoms with E-state index >= 15 is 0 Å². The maximum atomic E-state index is 12.9. The summed E-state index contributed by atoms with van der Waals surface area (Å²) in [4.78, 5) is 38.2. The minimum Gasteiger partial charge on any atom is -0.370 e. The number of benzene rings is 2. The Kier molecular flexibility index (Phi) is 5.52. The lowest BCUT2D eigenvalue weighted by Gasteiger charge is -2.24. The van der Waals surface area contributed by atoms with Crippen molar-refractivity contribution < 1.29 is 14.4 Å². The zero-order valence-corrected chi connectivity index (χ0v) is 16.4. The first-order valence-corrected chi connectivity index (χ1v) is 9.15. The van der Waals surface area contributed by atoms with Crippen molar-refractivity contribution in [3.8, 4) is 0 Å². The van der Waals surface area contributed by atoms with Gasteiger partial charge in [0.25, 0.3) is 11.8 Å². The maximum Gasteiger partial charge on any atom is 0.269 e. The number of amides is 3. The summed E-state index contributed by atoms with van der Waals surface area (Å²) >= 11 is 8.70. The van der Waals surface area contributed by atoms with Crippen LogP contribution < -0.4 is 16.1 Å². The molecule has 0 bridgehead atoms. The van der Waals surface area contributed by atoms with Crippen LogP contribution in [0, 0.1) is 0 Å². The maximum absolute atomic E-state index is 12.9. The minimum atomic E-state index is -1.00. The van der Waals surface area contributed by atoms with Crippen LogP contribution in [0.1, 0.15) is 16.8 Å². The third kappa shape index (κ3) is 3.99. The van der Waals surface area contributed by atoms with E-state index in [4.69, 9.17) is 18.0 Å². The molecule has 138 valence electrons. The van der Waals surface area contributed by atoms with Gasteiger partial charge in [-0.25, -0.2) is 5.01 Å². The molecule has 3 N–H and O–H groups in total. The fourth-order valence-corrected chi connectivity index (χ4v) is 3.31. The summed E-state index contributed by atoms with van der Waals surface area (Å²) in [5, 5.41) is 1.29. The molecule has 0 aliphatic carbocycles. The van der Waals surface area contributed by atoms with Gasteiger partial charge in [0, 0.05) is 10.0 Å². The largest absolute Gasteiger partial charge is 0.370 e. The Balaban J connectivity index is 1.89. The number of primary amides is 1. The van der Waals surface area contributed by atoms with Crippen molar-refractivity contribution >= 4 is 56.7 Å². The third-order valence-corrected chi connectivity index (χ3v) is 4.86. The second-order valence-corrected chi connectivity index (χ2v) is 7.08. The smallest absolute Gasteiger partial charge is 0.269 e. The Morgan fingerprint density at radius 3 is 2.33 bits per heavy atom. The lowest BCUT2D eigenvalue weighted by molar-refractivity contribution is -0.125. The molecule has 1 atom stereocenters. The Bertz CT molecular complexity index is 905. The van der Waals surface area contributed by atoms with Crippen LogP contribution in [-0.4, -0.2) is 33.9 Å². The average Bonchev–Trinajstić information content (AvgIpc) is 2.86. The van der Waals surface area contributed by atoms with Crippen LogP contribution in [0.3, 0.4) is 0 Å². The molecule has 2 aromatic carbocycles. The summed E-state index contributed by atoms with van der Waals surface area (Å²) in [5.41, 5.74) is 8.83. The summed E-state index contributed by atoms with van der Waals surface area (Å²) in [5.74, 6) is -1.56. The molecule has 3 amide bonds. The first kappa shape index (κ1) is 19.0. The molecule has 2 aromatic rings. The highest BCUT2D eigenvalue weighted by molar-refractivity contribution is 9.10. The second-order valence-electron chi connectivity index (χ2n) is 5.80. The first-order valence-electron chi connectivity index (χ1n) is 7.95. The second kappa shape index (κ2) is 7.85. The standard InChI is InChI=1S/C18H15BrN4O3S/c19-12-8-6-11(7-9-12)16(25)21-23-14(10-15(20)24)17(26)22(18(23)27)13-4-2-1-3-5-13/h1-9,14H,10H2,(H2,20,24)(H,21,25)/t14-/m1/s1. The fraction of sp³-hybridized carbons (Fsp3) is 0.111. The Morgan fingerprint density at radius 2 is 1.74 bits per heavy atom. The van der Waals surface area contributed by atoms with E-state index in [1.54, 1.807) is 54.6 Å². The average molecular weight is 447 g/mol. The van der Waals surface area contributed by atoms with Gasteiger partial charge in [-0.1, -0.05) is 34.1 Å². The Hall–Kier alpha value is -2.78. The summed E-state index contributed by atoms with van der Waals surface area (Å²) in [6.07, 6.45) is -0.275. The molecular weight excluding hydrogens is 432 g/mol. The number of rotatable bonds is 5. The topological polar surface area (TPSA) is 95.7 Å². The molecule has 1 aliphatic heterocycles. The van der Waals surface area contributed by atoms with Gasteiger partial charge in [0.2, 0.25) is 11.0 Å². The van der Waals surface area contributed by atoms with Crippen molar-refractivity contribution in [3.05, 3.63) is 64.6 Å². The van der Waals surface area contributed by atoms with Gasteiger partial charge in [0.05, 0.1) is 12.1 Å². The summed E-state index contributed by atoms with van der Waals surface area (Å²) in [7, 11) is 0. The zero-order chi connectivity index (χ0) is 19.6. The normalized spacial score (nSPS) is 16.6. The van der Waals surface area contributed by atoms with Crippen molar-refractivity contribution in [3.63, 3.8) is 0 Å². The fourth-order valence-electron chi connectivity index (χ4n) is 2.68. The van der Waals surface area contributed by atoms with E-state index in [0.717, 1.165) is 4.47 Å². The first-order chi connectivity index (χ1) is 12.9. The molecular formula is C18H15BrN4O3S. The number of hydrazine groups is 1. The highest BCUT2D eigenvalue weighted by Gasteiger charge is 2.45. The molecule has 9 heteroatoms. The lowest BCUT2D eigenvalue weighted by atomic mass is 10.2. The number of carbonyl (C=O) groups is 3. The molecule has 1 heterocycles. The van der Waals surface area contributed by atoms with E-state index in [1.165, 1.54) is 9.91 Å². The number of halogens is 1. The Labute approximate surface area is 169 Å². The van der Waals surface area contributed by atoms with Crippen LogP contribution in [0.25, 0.3) is 0 Å². The minimum absolute atomic E-state index is 0.0721. The molecule has 3 rings (SSSR count). The van der Waals surface area contributed by atoms with E-state index in [0.29, 0.717) is 11.3 Å². The molecule has 1 saturated heterocycles. The van der Waals surface area contributed by atoms with Gasteiger partial charge in [-0.15, -0.1) is 0 Å². The van der Waals surface area contributed by atoms with Crippen LogP contribution in [0.2, 0.25) is 0 Å². The highest BCUT2D eigenvalue weighted by Crippen LogP contribution is 2.25. The SMILES string of the molecule is NC(=O)C[C@@H]1C(=O)N(c2ccccc2)C(=S)N1NC(=O)c1ccc(Br)cc1. The monoisotopic (exact) mass is 446 g/mol. The molecule has 0 aromatic heterocycles. The molecule has 0 unspecified atom stereocenters. The van der Waals surface area contributed by atoms with Crippen molar-refractivity contribution in [1.82, 2.24) is 10.4 Å². The van der Waals surface area contributed by atoms with Crippen LogP contribution in [0.15, 0.2) is 59.1 Å². The van der Waals surface area contributed by atoms with E-state index < -0.39 is 23.8 Å². The third-order valence-electron chi connectivity index (χ3n) is 3.95. The summed E-state index contributed by atoms with van der Waals surface area (Å²) in [6, 6.07) is 14.4. The van der Waals surface area contributed by atoms with Gasteiger partial charge in [-0.05, 0) is 48.6 Å². The molecule has 0 radical (unpaired) electrons. The van der Waals surface area contributed by atoms with Crippen LogP contribution in [0.5, 0.6) is 0 Å². The van der Waals surface area contributed by atoms with Crippen LogP contribution in [-0.2, 0) is 9.59 Å². The molecule has 1 fully saturated rings. The van der Waals surface area contributed by atoms with Gasteiger partial charge in [0.1, 0.15) is 6.04 Å². The van der Waals surface area contributed by atoms with Crippen molar-refractivity contribution in [2.75, 3.05) is 4.90 Å². The van der Waals surface area contributed by atoms with E-state index in [2.05, 4.69) is 21.4 Å². The van der Waals surface area contributed by atoms with Gasteiger partial charge < -0.3 is 5.73 Å². The van der Waals surface area contributed by atoms with Crippen molar-refractivity contribution in [2.45, 2.75) is 12.5 Å². The van der Waals surface area contributed by atoms with Crippen LogP contribution in [0.4, 0.5) is 5.69 Å².